The maximum atomic E-state index is 13.6. The summed E-state index contributed by atoms with van der Waals surface area (Å²) in [5.41, 5.74) is 1.03. The average molecular weight is 574 g/mol. The molecule has 0 saturated carbocycles. The monoisotopic (exact) mass is 574 g/mol. The number of aromatic carboxylic acids is 1. The van der Waals surface area contributed by atoms with Crippen LogP contribution in [0.5, 0.6) is 5.75 Å². The number of amides is 1. The third-order valence-electron chi connectivity index (χ3n) is 6.48. The van der Waals surface area contributed by atoms with Crippen LogP contribution in [0.15, 0.2) is 89.9 Å². The predicted octanol–water partition coefficient (Wildman–Crippen LogP) is 4.06. The van der Waals surface area contributed by atoms with Crippen LogP contribution in [0.2, 0.25) is 10.1 Å². The lowest BCUT2D eigenvalue weighted by Crippen LogP contribution is -2.34. The number of carbonyl (C=O) groups is 3. The number of benzene rings is 3. The first-order valence-electron chi connectivity index (χ1n) is 12.6. The number of halogens is 1. The second kappa shape index (κ2) is 12.6. The van der Waals surface area contributed by atoms with E-state index in [1.165, 1.54) is 66.4 Å². The Hall–Kier alpha value is -4.50. The number of rotatable bonds is 10. The number of hydrogen-bond donors (Lipinski definition) is 2. The van der Waals surface area contributed by atoms with Gasteiger partial charge in [-0.15, -0.1) is 0 Å². The van der Waals surface area contributed by atoms with Gasteiger partial charge >= 0.3 is 5.97 Å². The van der Waals surface area contributed by atoms with Crippen LogP contribution in [0.3, 0.4) is 0 Å². The van der Waals surface area contributed by atoms with Gasteiger partial charge in [0, 0.05) is 34.3 Å². The first-order chi connectivity index (χ1) is 19.9. The quantitative estimate of drug-likeness (QED) is 0.218. The van der Waals surface area contributed by atoms with Gasteiger partial charge in [-0.3, -0.25) is 19.0 Å². The highest BCUT2D eigenvalue weighted by Gasteiger charge is 2.28. The molecule has 0 bridgehead atoms. The van der Waals surface area contributed by atoms with E-state index in [1.807, 2.05) is 30.3 Å². The standard InChI is InChI=1S/C30H22B3ClN2O6/c1-42-25-16-36(26(37)15-23(25)22-14-19(34)9-12-21(22)27(38)30(31,32)33)24(13-17-5-3-2-4-6-17)28(39)35-20-10-7-18(8-11-20)29(40)41/h2-12,14-16,24H,13H2,1H3,(H,35,39)(H,40,41)/t24-/m0/s1. The lowest BCUT2D eigenvalue weighted by Gasteiger charge is -2.23. The summed E-state index contributed by atoms with van der Waals surface area (Å²) in [4.78, 5) is 51.4. The Morgan fingerprint density at radius 3 is 2.24 bits per heavy atom. The number of ether oxygens (including phenoxy) is 1. The molecule has 4 aromatic rings. The highest BCUT2D eigenvalue weighted by atomic mass is 35.5. The Kier molecular flexibility index (Phi) is 9.12. The molecule has 0 aliphatic rings. The first kappa shape index (κ1) is 30.5. The fraction of sp³-hybridized carbons (Fsp3) is 0.133. The van der Waals surface area contributed by atoms with Crippen molar-refractivity contribution in [3.8, 4) is 16.9 Å². The number of ketones is 1. The summed E-state index contributed by atoms with van der Waals surface area (Å²) in [6.07, 6.45) is 1.51. The largest absolute Gasteiger partial charge is 0.495 e. The Morgan fingerprint density at radius 1 is 0.976 bits per heavy atom. The van der Waals surface area contributed by atoms with Gasteiger partial charge in [-0.2, -0.15) is 0 Å². The molecule has 1 atom stereocenters. The van der Waals surface area contributed by atoms with E-state index in [1.54, 1.807) is 0 Å². The van der Waals surface area contributed by atoms with Crippen molar-refractivity contribution in [1.29, 1.82) is 0 Å². The second-order valence-corrected chi connectivity index (χ2v) is 9.97. The van der Waals surface area contributed by atoms with E-state index in [2.05, 4.69) is 5.32 Å². The number of pyridine rings is 1. The topological polar surface area (TPSA) is 115 Å². The van der Waals surface area contributed by atoms with Gasteiger partial charge in [0.2, 0.25) is 5.91 Å². The lowest BCUT2D eigenvalue weighted by atomic mass is 9.40. The van der Waals surface area contributed by atoms with Crippen LogP contribution in [-0.2, 0) is 11.2 Å². The molecule has 4 rings (SSSR count). The van der Waals surface area contributed by atoms with E-state index in [-0.39, 0.29) is 39.4 Å². The number of methoxy groups -OCH3 is 1. The van der Waals surface area contributed by atoms with Crippen LogP contribution in [0.1, 0.15) is 32.3 Å². The summed E-state index contributed by atoms with van der Waals surface area (Å²) >= 11 is 6.22. The molecule has 1 amide bonds. The third kappa shape index (κ3) is 6.86. The van der Waals surface area contributed by atoms with E-state index < -0.39 is 34.4 Å². The fourth-order valence-electron chi connectivity index (χ4n) is 4.39. The third-order valence-corrected chi connectivity index (χ3v) is 6.72. The number of carbonyl (C=O) groups excluding carboxylic acids is 2. The summed E-state index contributed by atoms with van der Waals surface area (Å²) in [5, 5.41) is 9.99. The maximum Gasteiger partial charge on any atom is 0.335 e. The Labute approximate surface area is 250 Å². The van der Waals surface area contributed by atoms with E-state index in [9.17, 15) is 19.2 Å². The first-order valence-corrected chi connectivity index (χ1v) is 13.0. The molecule has 204 valence electrons. The van der Waals surface area contributed by atoms with Crippen LogP contribution in [0, 0.1) is 0 Å². The zero-order valence-electron chi connectivity index (χ0n) is 22.4. The number of aromatic nitrogens is 1. The fourth-order valence-corrected chi connectivity index (χ4v) is 4.56. The predicted molar refractivity (Wildman–Crippen MR) is 163 cm³/mol. The van der Waals surface area contributed by atoms with Crippen LogP contribution in [0.4, 0.5) is 5.69 Å². The van der Waals surface area contributed by atoms with Crippen LogP contribution >= 0.6 is 11.6 Å². The number of nitrogens with one attached hydrogen (secondary N) is 1. The minimum atomic E-state index is -2.19. The summed E-state index contributed by atoms with van der Waals surface area (Å²) in [6, 6.07) is 19.2. The zero-order chi connectivity index (χ0) is 30.6. The van der Waals surface area contributed by atoms with Crippen molar-refractivity contribution < 1.29 is 24.2 Å². The highest BCUT2D eigenvalue weighted by molar-refractivity contribution is 6.70. The van der Waals surface area contributed by atoms with Crippen LogP contribution < -0.4 is 15.6 Å². The van der Waals surface area contributed by atoms with Crippen molar-refractivity contribution in [3.05, 3.63) is 117 Å². The molecule has 1 heterocycles. The molecule has 8 nitrogen and oxygen atoms in total. The smallest absolute Gasteiger partial charge is 0.335 e. The number of anilines is 1. The Balaban J connectivity index is 1.81. The van der Waals surface area contributed by atoms with Gasteiger partial charge in [0.05, 0.1) is 42.4 Å². The van der Waals surface area contributed by atoms with Crippen LogP contribution in [0.25, 0.3) is 11.1 Å². The average Bonchev–Trinajstić information content (AvgIpc) is 2.96. The molecule has 0 spiro atoms. The zero-order valence-corrected chi connectivity index (χ0v) is 23.2. The molecular weight excluding hydrogens is 552 g/mol. The molecule has 0 aliphatic carbocycles. The molecular formula is C30H22B3ClN2O6. The molecule has 42 heavy (non-hydrogen) atoms. The normalized spacial score (nSPS) is 11.9. The molecule has 0 unspecified atom stereocenters. The molecule has 0 saturated heterocycles. The Morgan fingerprint density at radius 2 is 1.64 bits per heavy atom. The summed E-state index contributed by atoms with van der Waals surface area (Å²) in [6.45, 7) is 0. The van der Waals surface area contributed by atoms with Gasteiger partial charge in [0.1, 0.15) is 17.6 Å². The van der Waals surface area contributed by atoms with E-state index in [4.69, 9.17) is 45.0 Å². The van der Waals surface area contributed by atoms with E-state index >= 15 is 0 Å². The van der Waals surface area contributed by atoms with Crippen molar-refractivity contribution in [1.82, 2.24) is 4.57 Å². The summed E-state index contributed by atoms with van der Waals surface area (Å²) in [5.74, 6) is -2.28. The second-order valence-electron chi connectivity index (χ2n) is 9.53. The minimum Gasteiger partial charge on any atom is -0.495 e. The van der Waals surface area contributed by atoms with E-state index in [0.29, 0.717) is 5.69 Å². The van der Waals surface area contributed by atoms with Gasteiger partial charge in [-0.25, -0.2) is 4.79 Å². The summed E-state index contributed by atoms with van der Waals surface area (Å²) < 4.78 is 6.82. The summed E-state index contributed by atoms with van der Waals surface area (Å²) in [7, 11) is 18.3. The molecule has 6 radical (unpaired) electrons. The Bertz CT molecular complexity index is 1700. The van der Waals surface area contributed by atoms with Crippen molar-refractivity contribution in [3.63, 3.8) is 0 Å². The molecule has 12 heteroatoms. The van der Waals surface area contributed by atoms with E-state index in [0.717, 1.165) is 5.56 Å². The molecule has 0 aliphatic heterocycles. The minimum absolute atomic E-state index is 0.0192. The SMILES string of the molecule is [B]C([B])([B])C(=O)c1ccc(Cl)cc1-c1cc(=O)n([C@@H](Cc2ccccc2)C(=O)Nc2ccc(C(=O)O)cc2)cc1OC. The van der Waals surface area contributed by atoms with Gasteiger partial charge in [-0.05, 0) is 53.6 Å². The van der Waals surface area contributed by atoms with Gasteiger partial charge in [-0.1, -0.05) is 47.0 Å². The van der Waals surface area contributed by atoms with Crippen molar-refractivity contribution in [2.45, 2.75) is 17.6 Å². The van der Waals surface area contributed by atoms with Crippen molar-refractivity contribution >= 4 is 58.5 Å². The number of hydrogen-bond acceptors (Lipinski definition) is 5. The highest BCUT2D eigenvalue weighted by Crippen LogP contribution is 2.36. The molecule has 2 N–H and O–H groups in total. The van der Waals surface area contributed by atoms with Crippen LogP contribution in [-0.4, -0.2) is 58.0 Å². The number of Topliss-reactive ketones (excluding diaryl/α,β-unsaturated/α-hetero) is 1. The van der Waals surface area contributed by atoms with Gasteiger partial charge in [0.25, 0.3) is 5.56 Å². The van der Waals surface area contributed by atoms with Gasteiger partial charge in [0.15, 0.2) is 0 Å². The molecule has 1 aromatic heterocycles. The number of carboxylic acids is 1. The lowest BCUT2D eigenvalue weighted by molar-refractivity contribution is -0.119. The van der Waals surface area contributed by atoms with Crippen molar-refractivity contribution in [2.75, 3.05) is 12.4 Å². The number of carboxylic acid groups (broad SMARTS) is 1. The molecule has 3 aromatic carbocycles. The maximum absolute atomic E-state index is 13.6. The van der Waals surface area contributed by atoms with Crippen molar-refractivity contribution in [2.24, 2.45) is 0 Å². The molecule has 0 fully saturated rings. The number of nitrogens with zero attached hydrogens (tertiary/aromatic N) is 1. The van der Waals surface area contributed by atoms with Gasteiger partial charge < -0.3 is 15.2 Å².